The summed E-state index contributed by atoms with van der Waals surface area (Å²) in [5.41, 5.74) is 8.64. The lowest BCUT2D eigenvalue weighted by molar-refractivity contribution is 0.408. The van der Waals surface area contributed by atoms with Gasteiger partial charge >= 0.3 is 0 Å². The van der Waals surface area contributed by atoms with Gasteiger partial charge in [0.2, 0.25) is 0 Å². The molecule has 0 saturated heterocycles. The minimum atomic E-state index is -0.320. The zero-order valence-electron chi connectivity index (χ0n) is 25.7. The quantitative estimate of drug-likeness (QED) is 0.261. The third-order valence-electron chi connectivity index (χ3n) is 8.26. The van der Waals surface area contributed by atoms with Crippen LogP contribution in [-0.2, 0) is 16.2 Å². The molecule has 1 aliphatic heterocycles. The summed E-state index contributed by atoms with van der Waals surface area (Å²) in [5, 5.41) is 0. The Balaban J connectivity index is 1.89. The highest BCUT2D eigenvalue weighted by molar-refractivity contribution is 5.85. The second-order valence-corrected chi connectivity index (χ2v) is 13.4. The Morgan fingerprint density at radius 2 is 0.925 bits per heavy atom. The maximum Gasteiger partial charge on any atom is 0.139 e. The van der Waals surface area contributed by atoms with E-state index in [2.05, 4.69) is 104 Å². The van der Waals surface area contributed by atoms with Crippen LogP contribution in [0.2, 0.25) is 0 Å². The Morgan fingerprint density at radius 1 is 0.550 bits per heavy atom. The Labute approximate surface area is 240 Å². The average molecular weight is 535 g/mol. The van der Waals surface area contributed by atoms with Gasteiger partial charge in [-0.2, -0.15) is 0 Å². The number of ether oxygens (including phenoxy) is 3. The Kier molecular flexibility index (Phi) is 6.77. The molecule has 208 valence electrons. The number of fused-ring (bicyclic) bond motifs is 2. The second-order valence-electron chi connectivity index (χ2n) is 13.4. The normalized spacial score (nSPS) is 14.2. The second kappa shape index (κ2) is 9.73. The van der Waals surface area contributed by atoms with E-state index >= 15 is 0 Å². The van der Waals surface area contributed by atoms with Crippen molar-refractivity contribution < 1.29 is 14.2 Å². The number of rotatable bonds is 4. The molecule has 40 heavy (non-hydrogen) atoms. The van der Waals surface area contributed by atoms with Gasteiger partial charge in [-0.15, -0.1) is 0 Å². The summed E-state index contributed by atoms with van der Waals surface area (Å²) in [6, 6.07) is 25.7. The van der Waals surface area contributed by atoms with Gasteiger partial charge in [-0.1, -0.05) is 104 Å². The predicted octanol–water partition coefficient (Wildman–Crippen LogP) is 10.1. The lowest BCUT2D eigenvalue weighted by Crippen LogP contribution is -2.27. The molecule has 0 radical (unpaired) electrons. The average Bonchev–Trinajstić information content (AvgIpc) is 2.91. The molecule has 0 amide bonds. The Bertz CT molecular complexity index is 1460. The van der Waals surface area contributed by atoms with E-state index in [9.17, 15) is 0 Å². The standard InChI is InChI=1S/C37H42O3/c1-35(2,3)23-19-27(25-15-11-13-17-31(25)38-9)33-29(21-23)37(7,8)30-22-24(36(4,5)6)20-28(34(30)40-33)26-16-12-14-18-32(26)39-10/h11-22H,1-10H3. The zero-order chi connectivity index (χ0) is 29.0. The minimum Gasteiger partial charge on any atom is -0.496 e. The van der Waals surface area contributed by atoms with Crippen LogP contribution < -0.4 is 14.2 Å². The highest BCUT2D eigenvalue weighted by Crippen LogP contribution is 2.57. The molecule has 0 fully saturated rings. The lowest BCUT2D eigenvalue weighted by Gasteiger charge is -2.39. The summed E-state index contributed by atoms with van der Waals surface area (Å²) in [6.45, 7) is 18.2. The van der Waals surface area contributed by atoms with Gasteiger partial charge in [0, 0.05) is 38.8 Å². The fourth-order valence-corrected chi connectivity index (χ4v) is 5.65. The van der Waals surface area contributed by atoms with Crippen molar-refractivity contribution in [2.75, 3.05) is 14.2 Å². The molecule has 1 aliphatic rings. The van der Waals surface area contributed by atoms with Crippen molar-refractivity contribution >= 4 is 0 Å². The molecule has 0 aliphatic carbocycles. The number of hydrogen-bond donors (Lipinski definition) is 0. The van der Waals surface area contributed by atoms with Crippen molar-refractivity contribution in [3.8, 4) is 45.3 Å². The van der Waals surface area contributed by atoms with Crippen LogP contribution in [0, 0.1) is 0 Å². The van der Waals surface area contributed by atoms with Gasteiger partial charge < -0.3 is 14.2 Å². The first-order valence-electron chi connectivity index (χ1n) is 14.1. The van der Waals surface area contributed by atoms with Crippen molar-refractivity contribution in [1.29, 1.82) is 0 Å². The van der Waals surface area contributed by atoms with Gasteiger partial charge in [0.05, 0.1) is 14.2 Å². The summed E-state index contributed by atoms with van der Waals surface area (Å²) < 4.78 is 18.8. The highest BCUT2D eigenvalue weighted by atomic mass is 16.5. The van der Waals surface area contributed by atoms with Crippen molar-refractivity contribution in [3.63, 3.8) is 0 Å². The molecular formula is C37H42O3. The first-order valence-corrected chi connectivity index (χ1v) is 14.1. The minimum absolute atomic E-state index is 0.0437. The summed E-state index contributed by atoms with van der Waals surface area (Å²) in [6.07, 6.45) is 0. The third kappa shape index (κ3) is 4.66. The molecular weight excluding hydrogens is 492 g/mol. The molecule has 4 aromatic rings. The van der Waals surface area contributed by atoms with Gasteiger partial charge in [-0.25, -0.2) is 0 Å². The number of methoxy groups -OCH3 is 2. The molecule has 3 nitrogen and oxygen atoms in total. The van der Waals surface area contributed by atoms with Gasteiger partial charge in [0.15, 0.2) is 0 Å². The molecule has 0 bridgehead atoms. The maximum absolute atomic E-state index is 7.11. The molecule has 5 rings (SSSR count). The lowest BCUT2D eigenvalue weighted by atomic mass is 9.70. The van der Waals surface area contributed by atoms with E-state index in [1.165, 1.54) is 22.3 Å². The van der Waals surface area contributed by atoms with Gasteiger partial charge in [-0.05, 0) is 46.2 Å². The van der Waals surface area contributed by atoms with Crippen LogP contribution in [0.1, 0.15) is 77.6 Å². The fraction of sp³-hybridized carbons (Fsp3) is 0.351. The monoisotopic (exact) mass is 534 g/mol. The third-order valence-corrected chi connectivity index (χ3v) is 8.26. The summed E-state index contributed by atoms with van der Waals surface area (Å²) in [4.78, 5) is 0. The molecule has 1 heterocycles. The van der Waals surface area contributed by atoms with E-state index in [0.717, 1.165) is 45.3 Å². The first kappa shape index (κ1) is 27.8. The van der Waals surface area contributed by atoms with E-state index < -0.39 is 0 Å². The van der Waals surface area contributed by atoms with Crippen LogP contribution in [0.25, 0.3) is 22.3 Å². The van der Waals surface area contributed by atoms with Crippen LogP contribution in [0.15, 0.2) is 72.8 Å². The van der Waals surface area contributed by atoms with E-state index in [-0.39, 0.29) is 16.2 Å². The molecule has 0 unspecified atom stereocenters. The predicted molar refractivity (Wildman–Crippen MR) is 166 cm³/mol. The molecule has 3 heteroatoms. The first-order chi connectivity index (χ1) is 18.8. The van der Waals surface area contributed by atoms with Crippen molar-refractivity contribution in [3.05, 3.63) is 95.1 Å². The Morgan fingerprint density at radius 3 is 1.27 bits per heavy atom. The summed E-state index contributed by atoms with van der Waals surface area (Å²) in [7, 11) is 3.46. The van der Waals surface area contributed by atoms with Crippen LogP contribution in [-0.4, -0.2) is 14.2 Å². The van der Waals surface area contributed by atoms with E-state index in [1.54, 1.807) is 14.2 Å². The van der Waals surface area contributed by atoms with E-state index in [0.29, 0.717) is 0 Å². The smallest absolute Gasteiger partial charge is 0.139 e. The fourth-order valence-electron chi connectivity index (χ4n) is 5.65. The van der Waals surface area contributed by atoms with E-state index in [1.807, 2.05) is 24.3 Å². The zero-order valence-corrected chi connectivity index (χ0v) is 25.7. The SMILES string of the molecule is COc1ccccc1-c1cc(C(C)(C)C)cc2c1Oc1c(-c3ccccc3OC)cc(C(C)(C)C)cc1C2(C)C. The largest absolute Gasteiger partial charge is 0.496 e. The van der Waals surface area contributed by atoms with E-state index in [4.69, 9.17) is 14.2 Å². The van der Waals surface area contributed by atoms with Crippen molar-refractivity contribution in [2.24, 2.45) is 0 Å². The molecule has 0 saturated carbocycles. The number of benzene rings is 4. The van der Waals surface area contributed by atoms with Crippen molar-refractivity contribution in [2.45, 2.75) is 71.6 Å². The van der Waals surface area contributed by atoms with Crippen molar-refractivity contribution in [1.82, 2.24) is 0 Å². The summed E-state index contributed by atoms with van der Waals surface area (Å²) in [5.74, 6) is 3.43. The topological polar surface area (TPSA) is 27.7 Å². The summed E-state index contributed by atoms with van der Waals surface area (Å²) >= 11 is 0. The highest BCUT2D eigenvalue weighted by Gasteiger charge is 2.40. The van der Waals surface area contributed by atoms with Gasteiger partial charge in [0.25, 0.3) is 0 Å². The van der Waals surface area contributed by atoms with Gasteiger partial charge in [0.1, 0.15) is 23.0 Å². The van der Waals surface area contributed by atoms with Crippen LogP contribution in [0.5, 0.6) is 23.0 Å². The Hall–Kier alpha value is -3.72. The van der Waals surface area contributed by atoms with Crippen LogP contribution in [0.3, 0.4) is 0 Å². The van der Waals surface area contributed by atoms with Crippen LogP contribution >= 0.6 is 0 Å². The molecule has 0 aromatic heterocycles. The van der Waals surface area contributed by atoms with Gasteiger partial charge in [-0.3, -0.25) is 0 Å². The number of hydrogen-bond acceptors (Lipinski definition) is 3. The molecule has 4 aromatic carbocycles. The maximum atomic E-state index is 7.11. The molecule has 0 atom stereocenters. The number of para-hydroxylation sites is 2. The molecule has 0 spiro atoms. The van der Waals surface area contributed by atoms with Crippen LogP contribution in [0.4, 0.5) is 0 Å². The molecule has 0 N–H and O–H groups in total.